The third-order valence-corrected chi connectivity index (χ3v) is 3.97. The second-order valence-corrected chi connectivity index (χ2v) is 6.07. The minimum atomic E-state index is 0.910. The summed E-state index contributed by atoms with van der Waals surface area (Å²) in [5, 5.41) is 0. The van der Waals surface area contributed by atoms with Gasteiger partial charge in [-0.25, -0.2) is 0 Å². The molecule has 3 aromatic carbocycles. The normalized spacial score (nSPS) is 9.15. The summed E-state index contributed by atoms with van der Waals surface area (Å²) in [6.45, 7) is 8.34. The minimum Gasteiger partial charge on any atom is -0.497 e. The Morgan fingerprint density at radius 3 is 1.46 bits per heavy atom. The topological polar surface area (TPSA) is 18.5 Å². The van der Waals surface area contributed by atoms with Crippen molar-refractivity contribution in [1.82, 2.24) is 0 Å². The van der Waals surface area contributed by atoms with Crippen molar-refractivity contribution in [3.63, 3.8) is 0 Å². The zero-order chi connectivity index (χ0) is 19.4. The molecular weight excluding hydrogens is 320 g/mol. The van der Waals surface area contributed by atoms with Crippen LogP contribution in [0, 0.1) is 27.7 Å². The smallest absolute Gasteiger partial charge is 0.122 e. The number of ether oxygens (including phenoxy) is 2. The lowest BCUT2D eigenvalue weighted by Gasteiger charge is -2.03. The maximum atomic E-state index is 5.13. The predicted molar refractivity (Wildman–Crippen MR) is 111 cm³/mol. The molecule has 2 nitrogen and oxygen atoms in total. The molecule has 0 spiro atoms. The number of rotatable bonds is 2. The number of methoxy groups -OCH3 is 2. The molecule has 0 bridgehead atoms. The molecule has 0 atom stereocenters. The zero-order valence-electron chi connectivity index (χ0n) is 16.7. The summed E-state index contributed by atoms with van der Waals surface area (Å²) in [5.74, 6) is 1.88. The van der Waals surface area contributed by atoms with Crippen LogP contribution in [0.15, 0.2) is 72.8 Å². The van der Waals surface area contributed by atoms with E-state index in [1.807, 2.05) is 43.3 Å². The highest BCUT2D eigenvalue weighted by molar-refractivity contribution is 5.35. The Kier molecular flexibility index (Phi) is 9.63. The Morgan fingerprint density at radius 2 is 1.08 bits per heavy atom. The van der Waals surface area contributed by atoms with Gasteiger partial charge in [0.25, 0.3) is 0 Å². The summed E-state index contributed by atoms with van der Waals surface area (Å²) in [4.78, 5) is 0. The van der Waals surface area contributed by atoms with Crippen molar-refractivity contribution in [2.24, 2.45) is 0 Å². The molecule has 138 valence electrons. The summed E-state index contributed by atoms with van der Waals surface area (Å²) in [5.41, 5.74) is 5.16. The number of hydrogen-bond acceptors (Lipinski definition) is 2. The number of benzene rings is 3. The highest BCUT2D eigenvalue weighted by atomic mass is 16.5. The Bertz CT molecular complexity index is 743. The average Bonchev–Trinajstić information content (AvgIpc) is 2.68. The van der Waals surface area contributed by atoms with Gasteiger partial charge in [-0.15, -0.1) is 0 Å². The lowest BCUT2D eigenvalue weighted by molar-refractivity contribution is 0.411. The maximum absolute atomic E-state index is 5.13. The van der Waals surface area contributed by atoms with Gasteiger partial charge in [0.2, 0.25) is 0 Å². The van der Waals surface area contributed by atoms with Crippen LogP contribution in [0.1, 0.15) is 22.3 Å². The van der Waals surface area contributed by atoms with E-state index in [0.717, 1.165) is 11.5 Å². The molecule has 3 aromatic rings. The van der Waals surface area contributed by atoms with Crippen LogP contribution in [0.4, 0.5) is 0 Å². The molecule has 0 aromatic heterocycles. The van der Waals surface area contributed by atoms with Crippen molar-refractivity contribution in [3.8, 4) is 11.5 Å². The molecule has 0 saturated carbocycles. The van der Waals surface area contributed by atoms with Crippen LogP contribution in [-0.2, 0) is 0 Å². The summed E-state index contributed by atoms with van der Waals surface area (Å²) >= 11 is 0. The van der Waals surface area contributed by atoms with Crippen molar-refractivity contribution in [2.45, 2.75) is 27.7 Å². The molecule has 0 saturated heterocycles. The van der Waals surface area contributed by atoms with Crippen LogP contribution in [0.25, 0.3) is 0 Å². The molecule has 0 fully saturated rings. The second kappa shape index (κ2) is 11.8. The van der Waals surface area contributed by atoms with Gasteiger partial charge in [-0.2, -0.15) is 0 Å². The Hall–Kier alpha value is -2.74. The largest absolute Gasteiger partial charge is 0.497 e. The van der Waals surface area contributed by atoms with E-state index >= 15 is 0 Å². The van der Waals surface area contributed by atoms with Gasteiger partial charge in [-0.05, 0) is 68.1 Å². The first-order chi connectivity index (χ1) is 12.5. The fraction of sp³-hybridized carbons (Fsp3) is 0.250. The Morgan fingerprint density at radius 1 is 0.538 bits per heavy atom. The van der Waals surface area contributed by atoms with Gasteiger partial charge in [-0.3, -0.25) is 0 Å². The Labute approximate surface area is 158 Å². The standard InChI is InChI=1S/C9H12O.C8H10.C7H8O/c1-7-4-5-8(2)9(6-7)10-3;1-7-5-3-4-6-8(7)2;1-8-7-5-3-2-4-6-7/h4-6H,1-3H3;3-6H,1-2H3;2-6H,1H3. The van der Waals surface area contributed by atoms with Crippen LogP contribution < -0.4 is 9.47 Å². The van der Waals surface area contributed by atoms with Crippen molar-refractivity contribution in [3.05, 3.63) is 95.1 Å². The molecular formula is C24H30O2. The van der Waals surface area contributed by atoms with E-state index in [1.54, 1.807) is 14.2 Å². The predicted octanol–water partition coefficient (Wildman–Crippen LogP) is 6.31. The molecule has 0 amide bonds. The maximum Gasteiger partial charge on any atom is 0.122 e. The first-order valence-corrected chi connectivity index (χ1v) is 8.70. The highest BCUT2D eigenvalue weighted by Gasteiger charge is 1.95. The van der Waals surface area contributed by atoms with E-state index in [9.17, 15) is 0 Å². The first-order valence-electron chi connectivity index (χ1n) is 8.70. The summed E-state index contributed by atoms with van der Waals surface area (Å²) in [6.07, 6.45) is 0. The van der Waals surface area contributed by atoms with Gasteiger partial charge < -0.3 is 9.47 Å². The van der Waals surface area contributed by atoms with Crippen molar-refractivity contribution >= 4 is 0 Å². The summed E-state index contributed by atoms with van der Waals surface area (Å²) < 4.78 is 10.0. The van der Waals surface area contributed by atoms with E-state index < -0.39 is 0 Å². The molecule has 0 heterocycles. The first kappa shape index (κ1) is 21.3. The lowest BCUT2D eigenvalue weighted by Crippen LogP contribution is -1.86. The molecule has 0 aliphatic rings. The number of para-hydroxylation sites is 1. The van der Waals surface area contributed by atoms with Gasteiger partial charge in [0.05, 0.1) is 14.2 Å². The molecule has 26 heavy (non-hydrogen) atoms. The van der Waals surface area contributed by atoms with Crippen LogP contribution in [0.5, 0.6) is 11.5 Å². The number of aryl methyl sites for hydroxylation is 4. The van der Waals surface area contributed by atoms with Gasteiger partial charge >= 0.3 is 0 Å². The van der Waals surface area contributed by atoms with Crippen molar-refractivity contribution in [1.29, 1.82) is 0 Å². The van der Waals surface area contributed by atoms with Crippen LogP contribution in [-0.4, -0.2) is 14.2 Å². The zero-order valence-corrected chi connectivity index (χ0v) is 16.7. The minimum absolute atomic E-state index is 0.910. The molecule has 2 heteroatoms. The molecule has 3 rings (SSSR count). The van der Waals surface area contributed by atoms with Crippen LogP contribution in [0.2, 0.25) is 0 Å². The molecule has 0 radical (unpaired) electrons. The van der Waals surface area contributed by atoms with Gasteiger partial charge in [0.1, 0.15) is 11.5 Å². The van der Waals surface area contributed by atoms with Gasteiger partial charge in [0.15, 0.2) is 0 Å². The highest BCUT2D eigenvalue weighted by Crippen LogP contribution is 2.17. The second-order valence-electron chi connectivity index (χ2n) is 6.07. The molecule has 0 aliphatic carbocycles. The van der Waals surface area contributed by atoms with E-state index in [0.29, 0.717) is 0 Å². The third-order valence-electron chi connectivity index (χ3n) is 3.97. The van der Waals surface area contributed by atoms with Crippen molar-refractivity contribution in [2.75, 3.05) is 14.2 Å². The quantitative estimate of drug-likeness (QED) is 0.539. The van der Waals surface area contributed by atoms with Crippen LogP contribution in [0.3, 0.4) is 0 Å². The van der Waals surface area contributed by atoms with E-state index in [4.69, 9.17) is 9.47 Å². The fourth-order valence-corrected chi connectivity index (χ4v) is 2.15. The summed E-state index contributed by atoms with van der Waals surface area (Å²) in [6, 6.07) is 24.2. The third kappa shape index (κ3) is 7.89. The van der Waals surface area contributed by atoms with Gasteiger partial charge in [-0.1, -0.05) is 54.6 Å². The molecule has 0 N–H and O–H groups in total. The van der Waals surface area contributed by atoms with E-state index in [2.05, 4.69) is 57.2 Å². The van der Waals surface area contributed by atoms with Gasteiger partial charge in [0, 0.05) is 0 Å². The van der Waals surface area contributed by atoms with E-state index in [1.165, 1.54) is 22.3 Å². The fourth-order valence-electron chi connectivity index (χ4n) is 2.15. The lowest BCUT2D eigenvalue weighted by atomic mass is 10.1. The molecule has 0 unspecified atom stereocenters. The van der Waals surface area contributed by atoms with Crippen LogP contribution >= 0.6 is 0 Å². The summed E-state index contributed by atoms with van der Waals surface area (Å²) in [7, 11) is 3.36. The van der Waals surface area contributed by atoms with E-state index in [-0.39, 0.29) is 0 Å². The Balaban J connectivity index is 0.000000197. The SMILES string of the molecule is COc1cc(C)ccc1C.COc1ccccc1.Cc1ccccc1C. The van der Waals surface area contributed by atoms with Crippen molar-refractivity contribution < 1.29 is 9.47 Å². The molecule has 0 aliphatic heterocycles. The average molecular weight is 351 g/mol. The number of hydrogen-bond donors (Lipinski definition) is 0. The monoisotopic (exact) mass is 350 g/mol.